The van der Waals surface area contributed by atoms with Crippen molar-refractivity contribution in [3.8, 4) is 5.75 Å². The van der Waals surface area contributed by atoms with E-state index >= 15 is 0 Å². The van der Waals surface area contributed by atoms with E-state index in [0.717, 1.165) is 43.8 Å². The molecule has 162 valence electrons. The van der Waals surface area contributed by atoms with E-state index in [-0.39, 0.29) is 36.7 Å². The number of nitrogens with one attached hydrogen (secondary N) is 1. The minimum atomic E-state index is -0.321. The van der Waals surface area contributed by atoms with Gasteiger partial charge in [0, 0.05) is 44.2 Å². The van der Waals surface area contributed by atoms with E-state index in [2.05, 4.69) is 16.3 Å². The number of hydrogen-bond acceptors (Lipinski definition) is 5. The number of hydrogen-bond donors (Lipinski definition) is 1. The number of likely N-dealkylation sites (tertiary alicyclic amines) is 1. The molecule has 0 radical (unpaired) electrons. The van der Waals surface area contributed by atoms with Crippen LogP contribution in [-0.4, -0.2) is 60.3 Å². The molecule has 0 aliphatic carbocycles. The third kappa shape index (κ3) is 4.61. The predicted molar refractivity (Wildman–Crippen MR) is 116 cm³/mol. The van der Waals surface area contributed by atoms with Gasteiger partial charge in [0.15, 0.2) is 0 Å². The lowest BCUT2D eigenvalue weighted by Gasteiger charge is -2.32. The number of methoxy groups -OCH3 is 1. The van der Waals surface area contributed by atoms with Gasteiger partial charge in [0.05, 0.1) is 18.2 Å². The van der Waals surface area contributed by atoms with Crippen molar-refractivity contribution >= 4 is 17.7 Å². The first-order chi connectivity index (χ1) is 15.1. The molecule has 2 aliphatic heterocycles. The lowest BCUT2D eigenvalue weighted by atomic mass is 10.0. The zero-order valence-corrected chi connectivity index (χ0v) is 17.7. The molecule has 1 fully saturated rings. The van der Waals surface area contributed by atoms with E-state index in [1.54, 1.807) is 31.4 Å². The molecule has 2 aromatic carbocycles. The number of piperidine rings is 1. The molecule has 7 heteroatoms. The van der Waals surface area contributed by atoms with E-state index in [1.165, 1.54) is 4.90 Å². The summed E-state index contributed by atoms with van der Waals surface area (Å²) in [5.74, 6) is 0.127. The lowest BCUT2D eigenvalue weighted by molar-refractivity contribution is -0.122. The zero-order valence-electron chi connectivity index (χ0n) is 17.7. The Bertz CT molecular complexity index is 947. The predicted octanol–water partition coefficient (Wildman–Crippen LogP) is 2.46. The largest absolute Gasteiger partial charge is 0.496 e. The molecule has 0 aromatic heterocycles. The number of amides is 3. The molecule has 1 N–H and O–H groups in total. The van der Waals surface area contributed by atoms with Crippen molar-refractivity contribution in [2.24, 2.45) is 0 Å². The van der Waals surface area contributed by atoms with Gasteiger partial charge in [0.25, 0.3) is 11.8 Å². The quantitative estimate of drug-likeness (QED) is 0.695. The molecule has 0 bridgehead atoms. The van der Waals surface area contributed by atoms with Gasteiger partial charge >= 0.3 is 0 Å². The lowest BCUT2D eigenvalue weighted by Crippen LogP contribution is -2.45. The van der Waals surface area contributed by atoms with Crippen molar-refractivity contribution in [2.75, 3.05) is 26.7 Å². The van der Waals surface area contributed by atoms with E-state index in [0.29, 0.717) is 11.1 Å². The average Bonchev–Trinajstić information content (AvgIpc) is 3.04. The van der Waals surface area contributed by atoms with Crippen molar-refractivity contribution < 1.29 is 19.1 Å². The molecule has 0 saturated carbocycles. The van der Waals surface area contributed by atoms with Crippen LogP contribution in [0.3, 0.4) is 0 Å². The number of para-hydroxylation sites is 1. The Morgan fingerprint density at radius 3 is 2.26 bits per heavy atom. The van der Waals surface area contributed by atoms with Gasteiger partial charge in [0.2, 0.25) is 5.91 Å². The van der Waals surface area contributed by atoms with Gasteiger partial charge in [-0.1, -0.05) is 30.3 Å². The second-order valence-electron chi connectivity index (χ2n) is 7.99. The number of ether oxygens (including phenoxy) is 1. The molecular weight excluding hydrogens is 394 g/mol. The Kier molecular flexibility index (Phi) is 6.32. The molecule has 2 aromatic rings. The number of benzene rings is 2. The van der Waals surface area contributed by atoms with E-state index < -0.39 is 0 Å². The summed E-state index contributed by atoms with van der Waals surface area (Å²) in [6.45, 7) is 2.71. The first-order valence-corrected chi connectivity index (χ1v) is 10.7. The summed E-state index contributed by atoms with van der Waals surface area (Å²) in [6, 6.07) is 14.9. The highest BCUT2D eigenvalue weighted by Gasteiger charge is 2.35. The van der Waals surface area contributed by atoms with Gasteiger partial charge < -0.3 is 10.1 Å². The van der Waals surface area contributed by atoms with Crippen LogP contribution in [0.25, 0.3) is 0 Å². The summed E-state index contributed by atoms with van der Waals surface area (Å²) in [6.07, 6.45) is 1.86. The van der Waals surface area contributed by atoms with Gasteiger partial charge in [-0.15, -0.1) is 0 Å². The standard InChI is InChI=1S/C24H27N3O4/c1-31-21-9-5-2-6-17(21)16-26-13-10-18(11-14-26)25-22(28)12-15-27-23(29)19-7-3-4-8-20(19)24(27)30/h2-9,18H,10-16H2,1H3,(H,25,28). The second-order valence-corrected chi connectivity index (χ2v) is 7.99. The molecule has 2 aliphatic rings. The van der Waals surface area contributed by atoms with Crippen LogP contribution in [0.15, 0.2) is 48.5 Å². The Morgan fingerprint density at radius 1 is 1.00 bits per heavy atom. The van der Waals surface area contributed by atoms with Crippen molar-refractivity contribution in [2.45, 2.75) is 31.8 Å². The minimum Gasteiger partial charge on any atom is -0.496 e. The number of fused-ring (bicyclic) bond motifs is 1. The minimum absolute atomic E-state index is 0.102. The SMILES string of the molecule is COc1ccccc1CN1CCC(NC(=O)CCN2C(=O)c3ccccc3C2=O)CC1. The fourth-order valence-electron chi connectivity index (χ4n) is 4.27. The summed E-state index contributed by atoms with van der Waals surface area (Å²) in [7, 11) is 1.68. The highest BCUT2D eigenvalue weighted by molar-refractivity contribution is 6.21. The molecule has 0 unspecified atom stereocenters. The Hall–Kier alpha value is -3.19. The van der Waals surface area contributed by atoms with Gasteiger partial charge in [-0.05, 0) is 31.0 Å². The Morgan fingerprint density at radius 2 is 1.61 bits per heavy atom. The van der Waals surface area contributed by atoms with Crippen molar-refractivity contribution in [1.29, 1.82) is 0 Å². The maximum absolute atomic E-state index is 12.4. The van der Waals surface area contributed by atoms with Crippen LogP contribution in [0.5, 0.6) is 5.75 Å². The van der Waals surface area contributed by atoms with Crippen LogP contribution < -0.4 is 10.1 Å². The van der Waals surface area contributed by atoms with E-state index in [1.807, 2.05) is 18.2 Å². The van der Waals surface area contributed by atoms with Crippen LogP contribution in [0, 0.1) is 0 Å². The third-order valence-corrected chi connectivity index (χ3v) is 5.98. The third-order valence-electron chi connectivity index (χ3n) is 5.98. The van der Waals surface area contributed by atoms with Gasteiger partial charge in [0.1, 0.15) is 5.75 Å². The van der Waals surface area contributed by atoms with Crippen LogP contribution in [0.1, 0.15) is 45.5 Å². The molecule has 7 nitrogen and oxygen atoms in total. The first-order valence-electron chi connectivity index (χ1n) is 10.7. The van der Waals surface area contributed by atoms with Crippen LogP contribution in [0.4, 0.5) is 0 Å². The first kappa shape index (κ1) is 21.1. The smallest absolute Gasteiger partial charge is 0.261 e. The summed E-state index contributed by atoms with van der Waals surface area (Å²) >= 11 is 0. The number of nitrogens with zero attached hydrogens (tertiary/aromatic N) is 2. The van der Waals surface area contributed by atoms with Crippen LogP contribution in [0.2, 0.25) is 0 Å². The van der Waals surface area contributed by atoms with Crippen molar-refractivity contribution in [1.82, 2.24) is 15.1 Å². The van der Waals surface area contributed by atoms with E-state index in [4.69, 9.17) is 4.74 Å². The molecule has 31 heavy (non-hydrogen) atoms. The highest BCUT2D eigenvalue weighted by Crippen LogP contribution is 2.23. The molecular formula is C24H27N3O4. The monoisotopic (exact) mass is 421 g/mol. The maximum atomic E-state index is 12.4. The van der Waals surface area contributed by atoms with Gasteiger partial charge in [-0.25, -0.2) is 0 Å². The highest BCUT2D eigenvalue weighted by atomic mass is 16.5. The molecule has 0 spiro atoms. The summed E-state index contributed by atoms with van der Waals surface area (Å²) in [5, 5.41) is 3.06. The summed E-state index contributed by atoms with van der Waals surface area (Å²) in [5.41, 5.74) is 1.99. The Balaban J connectivity index is 1.22. The molecule has 4 rings (SSSR count). The topological polar surface area (TPSA) is 79.0 Å². The molecule has 0 atom stereocenters. The fourth-order valence-corrected chi connectivity index (χ4v) is 4.27. The molecule has 3 amide bonds. The number of carbonyl (C=O) groups excluding carboxylic acids is 3. The zero-order chi connectivity index (χ0) is 21.8. The Labute approximate surface area is 182 Å². The second kappa shape index (κ2) is 9.31. The van der Waals surface area contributed by atoms with Gasteiger partial charge in [-0.3, -0.25) is 24.2 Å². The average molecular weight is 421 g/mol. The van der Waals surface area contributed by atoms with Gasteiger partial charge in [-0.2, -0.15) is 0 Å². The summed E-state index contributed by atoms with van der Waals surface area (Å²) in [4.78, 5) is 40.7. The van der Waals surface area contributed by atoms with Crippen molar-refractivity contribution in [3.05, 3.63) is 65.2 Å². The fraction of sp³-hybridized carbons (Fsp3) is 0.375. The molecule has 1 saturated heterocycles. The normalized spacial score (nSPS) is 17.0. The van der Waals surface area contributed by atoms with E-state index in [9.17, 15) is 14.4 Å². The van der Waals surface area contributed by atoms with Crippen LogP contribution in [-0.2, 0) is 11.3 Å². The number of carbonyl (C=O) groups is 3. The maximum Gasteiger partial charge on any atom is 0.261 e. The number of rotatable bonds is 7. The van der Waals surface area contributed by atoms with Crippen molar-refractivity contribution in [3.63, 3.8) is 0 Å². The molecule has 2 heterocycles. The number of imide groups is 1. The van der Waals surface area contributed by atoms with Crippen LogP contribution >= 0.6 is 0 Å². The summed E-state index contributed by atoms with van der Waals surface area (Å²) < 4.78 is 5.43.